The smallest absolute Gasteiger partial charge is 0.115 e. The number of benzene rings is 1. The molecule has 0 radical (unpaired) electrons. The molecule has 0 aliphatic carbocycles. The standard InChI is InChI=1S/C14H23NO/c1-4-15-13(8-11(2)3)9-12-6-5-7-14(16)10-12/h5-7,10-11,13,15-16H,4,8-9H2,1-3H3. The summed E-state index contributed by atoms with van der Waals surface area (Å²) < 4.78 is 0. The summed E-state index contributed by atoms with van der Waals surface area (Å²) in [7, 11) is 0. The van der Waals surface area contributed by atoms with E-state index >= 15 is 0 Å². The molecule has 16 heavy (non-hydrogen) atoms. The number of aromatic hydroxyl groups is 1. The van der Waals surface area contributed by atoms with Crippen LogP contribution in [0, 0.1) is 5.92 Å². The van der Waals surface area contributed by atoms with Crippen LogP contribution in [-0.2, 0) is 6.42 Å². The minimum atomic E-state index is 0.359. The van der Waals surface area contributed by atoms with Gasteiger partial charge in [0.2, 0.25) is 0 Å². The summed E-state index contributed by atoms with van der Waals surface area (Å²) in [6.07, 6.45) is 2.16. The van der Waals surface area contributed by atoms with Crippen molar-refractivity contribution in [2.24, 2.45) is 5.92 Å². The van der Waals surface area contributed by atoms with Gasteiger partial charge < -0.3 is 10.4 Å². The highest BCUT2D eigenvalue weighted by molar-refractivity contribution is 5.27. The zero-order chi connectivity index (χ0) is 12.0. The van der Waals surface area contributed by atoms with Gasteiger partial charge in [-0.3, -0.25) is 0 Å². The van der Waals surface area contributed by atoms with Crippen LogP contribution < -0.4 is 5.32 Å². The summed E-state index contributed by atoms with van der Waals surface area (Å²) >= 11 is 0. The van der Waals surface area contributed by atoms with Crippen molar-refractivity contribution in [2.45, 2.75) is 39.7 Å². The van der Waals surface area contributed by atoms with Gasteiger partial charge in [0.1, 0.15) is 5.75 Å². The van der Waals surface area contributed by atoms with E-state index in [1.54, 1.807) is 6.07 Å². The zero-order valence-corrected chi connectivity index (χ0v) is 10.5. The molecule has 0 amide bonds. The van der Waals surface area contributed by atoms with Crippen molar-refractivity contribution < 1.29 is 5.11 Å². The third-order valence-corrected chi connectivity index (χ3v) is 2.64. The van der Waals surface area contributed by atoms with Gasteiger partial charge in [0.25, 0.3) is 0 Å². The van der Waals surface area contributed by atoms with Crippen LogP contribution in [-0.4, -0.2) is 17.7 Å². The number of nitrogens with one attached hydrogen (secondary N) is 1. The monoisotopic (exact) mass is 221 g/mol. The minimum Gasteiger partial charge on any atom is -0.508 e. The first-order chi connectivity index (χ1) is 7.61. The molecule has 0 spiro atoms. The Bertz CT molecular complexity index is 309. The van der Waals surface area contributed by atoms with E-state index in [2.05, 4.69) is 32.2 Å². The molecule has 1 aromatic carbocycles. The predicted molar refractivity (Wildman–Crippen MR) is 68.7 cm³/mol. The Kier molecular flexibility index (Phi) is 5.33. The Morgan fingerprint density at radius 2 is 2.06 bits per heavy atom. The molecule has 2 nitrogen and oxygen atoms in total. The number of hydrogen-bond acceptors (Lipinski definition) is 2. The van der Waals surface area contributed by atoms with Crippen LogP contribution in [0.5, 0.6) is 5.75 Å². The lowest BCUT2D eigenvalue weighted by molar-refractivity contribution is 0.422. The maximum Gasteiger partial charge on any atom is 0.115 e. The molecule has 1 rings (SSSR count). The molecule has 1 aromatic rings. The van der Waals surface area contributed by atoms with Crippen LogP contribution in [0.1, 0.15) is 32.8 Å². The summed E-state index contributed by atoms with van der Waals surface area (Å²) in [5, 5.41) is 12.9. The Morgan fingerprint density at radius 1 is 1.31 bits per heavy atom. The molecule has 2 N–H and O–H groups in total. The first-order valence-corrected chi connectivity index (χ1v) is 6.13. The van der Waals surface area contributed by atoms with E-state index in [-0.39, 0.29) is 0 Å². The topological polar surface area (TPSA) is 32.3 Å². The fourth-order valence-corrected chi connectivity index (χ4v) is 2.06. The molecule has 1 atom stereocenters. The normalized spacial score (nSPS) is 13.0. The average Bonchev–Trinajstić information content (AvgIpc) is 2.16. The molecule has 0 bridgehead atoms. The van der Waals surface area contributed by atoms with Crippen molar-refractivity contribution in [1.29, 1.82) is 0 Å². The molecule has 1 unspecified atom stereocenters. The predicted octanol–water partition coefficient (Wildman–Crippen LogP) is 2.96. The first-order valence-electron chi connectivity index (χ1n) is 6.13. The molecule has 0 fully saturated rings. The summed E-state index contributed by atoms with van der Waals surface area (Å²) in [4.78, 5) is 0. The van der Waals surface area contributed by atoms with E-state index in [9.17, 15) is 5.11 Å². The highest BCUT2D eigenvalue weighted by atomic mass is 16.3. The van der Waals surface area contributed by atoms with Crippen molar-refractivity contribution in [3.63, 3.8) is 0 Å². The van der Waals surface area contributed by atoms with E-state index in [0.717, 1.165) is 13.0 Å². The van der Waals surface area contributed by atoms with Crippen molar-refractivity contribution in [3.05, 3.63) is 29.8 Å². The van der Waals surface area contributed by atoms with Crippen molar-refractivity contribution >= 4 is 0 Å². The Hall–Kier alpha value is -1.02. The minimum absolute atomic E-state index is 0.359. The van der Waals surface area contributed by atoms with Crippen LogP contribution in [0.15, 0.2) is 24.3 Å². The van der Waals surface area contributed by atoms with Gasteiger partial charge in [-0.2, -0.15) is 0 Å². The molecular weight excluding hydrogens is 198 g/mol. The molecule has 0 aliphatic heterocycles. The highest BCUT2D eigenvalue weighted by Crippen LogP contribution is 2.15. The molecule has 0 aliphatic rings. The number of likely N-dealkylation sites (N-methyl/N-ethyl adjacent to an activating group) is 1. The molecule has 0 saturated carbocycles. The molecule has 2 heteroatoms. The van der Waals surface area contributed by atoms with Crippen molar-refractivity contribution in [3.8, 4) is 5.75 Å². The number of phenols is 1. The molecular formula is C14H23NO. The van der Waals surface area contributed by atoms with Crippen molar-refractivity contribution in [2.75, 3.05) is 6.54 Å². The summed E-state index contributed by atoms with van der Waals surface area (Å²) in [5.74, 6) is 1.05. The molecule has 90 valence electrons. The maximum atomic E-state index is 9.42. The fraction of sp³-hybridized carbons (Fsp3) is 0.571. The second-order valence-corrected chi connectivity index (χ2v) is 4.76. The maximum absolute atomic E-state index is 9.42. The van der Waals surface area contributed by atoms with E-state index in [4.69, 9.17) is 0 Å². The van der Waals surface area contributed by atoms with E-state index < -0.39 is 0 Å². The van der Waals surface area contributed by atoms with Gasteiger partial charge in [0.15, 0.2) is 0 Å². The van der Waals surface area contributed by atoms with E-state index in [1.807, 2.05) is 12.1 Å². The molecule has 0 aromatic heterocycles. The average molecular weight is 221 g/mol. The highest BCUT2D eigenvalue weighted by Gasteiger charge is 2.10. The number of rotatable bonds is 6. The molecule has 0 saturated heterocycles. The van der Waals surface area contributed by atoms with Gasteiger partial charge in [-0.15, -0.1) is 0 Å². The van der Waals surface area contributed by atoms with Gasteiger partial charge in [0, 0.05) is 6.04 Å². The van der Waals surface area contributed by atoms with Gasteiger partial charge in [-0.25, -0.2) is 0 Å². The van der Waals surface area contributed by atoms with Crippen LogP contribution in [0.4, 0.5) is 0 Å². The second-order valence-electron chi connectivity index (χ2n) is 4.76. The van der Waals surface area contributed by atoms with Crippen molar-refractivity contribution in [1.82, 2.24) is 5.32 Å². The van der Waals surface area contributed by atoms with Gasteiger partial charge >= 0.3 is 0 Å². The largest absolute Gasteiger partial charge is 0.508 e. The van der Waals surface area contributed by atoms with Crippen LogP contribution in [0.3, 0.4) is 0 Å². The van der Waals surface area contributed by atoms with Gasteiger partial charge in [-0.1, -0.05) is 32.9 Å². The van der Waals surface area contributed by atoms with E-state index in [1.165, 1.54) is 12.0 Å². The van der Waals surface area contributed by atoms with Gasteiger partial charge in [-0.05, 0) is 43.0 Å². The SMILES string of the molecule is CCNC(Cc1cccc(O)c1)CC(C)C. The van der Waals surface area contributed by atoms with Crippen LogP contribution >= 0.6 is 0 Å². The lowest BCUT2D eigenvalue weighted by Crippen LogP contribution is -2.32. The fourth-order valence-electron chi connectivity index (χ4n) is 2.06. The molecule has 0 heterocycles. The van der Waals surface area contributed by atoms with E-state index in [0.29, 0.717) is 17.7 Å². The van der Waals surface area contributed by atoms with Crippen LogP contribution in [0.2, 0.25) is 0 Å². The second kappa shape index (κ2) is 6.54. The lowest BCUT2D eigenvalue weighted by atomic mass is 9.97. The Labute approximate surface area is 98.7 Å². The lowest BCUT2D eigenvalue weighted by Gasteiger charge is -2.20. The summed E-state index contributed by atoms with van der Waals surface area (Å²) in [6, 6.07) is 8.05. The third-order valence-electron chi connectivity index (χ3n) is 2.64. The van der Waals surface area contributed by atoms with Gasteiger partial charge in [0.05, 0.1) is 0 Å². The third kappa shape index (κ3) is 4.67. The summed E-state index contributed by atoms with van der Waals surface area (Å²) in [6.45, 7) is 7.62. The Morgan fingerprint density at radius 3 is 2.62 bits per heavy atom. The Balaban J connectivity index is 2.60. The summed E-state index contributed by atoms with van der Waals surface area (Å²) in [5.41, 5.74) is 1.20. The quantitative estimate of drug-likeness (QED) is 0.774. The zero-order valence-electron chi connectivity index (χ0n) is 10.5. The first kappa shape index (κ1) is 13.0. The number of phenolic OH excluding ortho intramolecular Hbond substituents is 1. The number of hydrogen-bond donors (Lipinski definition) is 2. The van der Waals surface area contributed by atoms with Crippen LogP contribution in [0.25, 0.3) is 0 Å².